The van der Waals surface area contributed by atoms with Gasteiger partial charge >= 0.3 is 5.97 Å². The third kappa shape index (κ3) is 3.72. The third-order valence-electron chi connectivity index (χ3n) is 3.52. The van der Waals surface area contributed by atoms with E-state index >= 15 is 0 Å². The van der Waals surface area contributed by atoms with E-state index in [0.717, 1.165) is 19.1 Å². The molecule has 0 unspecified atom stereocenters. The van der Waals surface area contributed by atoms with Crippen LogP contribution in [0.1, 0.15) is 36.0 Å². The van der Waals surface area contributed by atoms with Crippen LogP contribution >= 0.6 is 0 Å². The first-order chi connectivity index (χ1) is 9.36. The minimum absolute atomic E-state index is 0.0327. The summed E-state index contributed by atoms with van der Waals surface area (Å²) in [4.78, 5) is 12.0. The van der Waals surface area contributed by atoms with E-state index in [4.69, 9.17) is 10.5 Å². The van der Waals surface area contributed by atoms with Crippen molar-refractivity contribution >= 4 is 21.5 Å². The molecule has 20 heavy (non-hydrogen) atoms. The fourth-order valence-electron chi connectivity index (χ4n) is 2.41. The average Bonchev–Trinajstić information content (AvgIpc) is 2.87. The molecule has 2 N–H and O–H groups in total. The zero-order valence-corrected chi connectivity index (χ0v) is 12.3. The van der Waals surface area contributed by atoms with Crippen LogP contribution in [0.15, 0.2) is 23.1 Å². The molecule has 0 radical (unpaired) electrons. The van der Waals surface area contributed by atoms with Gasteiger partial charge in [0, 0.05) is 11.9 Å². The monoisotopic (exact) mass is 297 g/mol. The summed E-state index contributed by atoms with van der Waals surface area (Å²) in [6.07, 6.45) is 5.60. The van der Waals surface area contributed by atoms with Crippen molar-refractivity contribution in [3.63, 3.8) is 0 Å². The molecule has 0 bridgehead atoms. The van der Waals surface area contributed by atoms with Gasteiger partial charge in [-0.2, -0.15) is 0 Å². The lowest BCUT2D eigenvalue weighted by Gasteiger charge is -2.11. The maximum atomic E-state index is 12.0. The number of hydrogen-bond acceptors (Lipinski definition) is 5. The smallest absolute Gasteiger partial charge is 0.338 e. The number of esters is 1. The molecule has 0 atom stereocenters. The fourth-order valence-corrected chi connectivity index (χ4v) is 3.10. The van der Waals surface area contributed by atoms with Crippen molar-refractivity contribution in [2.24, 2.45) is 5.92 Å². The lowest BCUT2D eigenvalue weighted by Crippen LogP contribution is -2.13. The van der Waals surface area contributed by atoms with Crippen LogP contribution in [0, 0.1) is 5.92 Å². The molecule has 1 aliphatic carbocycles. The van der Waals surface area contributed by atoms with Gasteiger partial charge in [-0.15, -0.1) is 0 Å². The Morgan fingerprint density at radius 3 is 2.55 bits per heavy atom. The van der Waals surface area contributed by atoms with Crippen molar-refractivity contribution in [3.8, 4) is 0 Å². The predicted octanol–water partition coefficient (Wildman–Crippen LogP) is 2.02. The van der Waals surface area contributed by atoms with Crippen molar-refractivity contribution in [3.05, 3.63) is 23.8 Å². The summed E-state index contributed by atoms with van der Waals surface area (Å²) in [5.41, 5.74) is 6.06. The minimum atomic E-state index is -3.40. The standard InChI is InChI=1S/C14H19NO4S/c1-20(17,18)13-7-11(6-12(15)8-13)14(16)19-9-10-4-2-3-5-10/h6-8,10H,2-5,9,15H2,1H3. The second-order valence-corrected chi connectivity index (χ2v) is 7.33. The second kappa shape index (κ2) is 5.83. The zero-order chi connectivity index (χ0) is 14.8. The predicted molar refractivity (Wildman–Crippen MR) is 76.2 cm³/mol. The number of sulfone groups is 1. The highest BCUT2D eigenvalue weighted by molar-refractivity contribution is 7.90. The number of carbonyl (C=O) groups is 1. The van der Waals surface area contributed by atoms with E-state index in [1.165, 1.54) is 31.0 Å². The van der Waals surface area contributed by atoms with E-state index in [9.17, 15) is 13.2 Å². The minimum Gasteiger partial charge on any atom is -0.462 e. The van der Waals surface area contributed by atoms with Crippen molar-refractivity contribution in [2.45, 2.75) is 30.6 Å². The lowest BCUT2D eigenvalue weighted by atomic mass is 10.1. The molecule has 1 aromatic carbocycles. The Kier molecular flexibility index (Phi) is 4.32. The van der Waals surface area contributed by atoms with E-state index in [1.807, 2.05) is 0 Å². The van der Waals surface area contributed by atoms with Gasteiger partial charge in [0.1, 0.15) is 0 Å². The quantitative estimate of drug-likeness (QED) is 0.678. The summed E-state index contributed by atoms with van der Waals surface area (Å²) in [6.45, 7) is 0.391. The van der Waals surface area contributed by atoms with Gasteiger partial charge in [0.15, 0.2) is 9.84 Å². The van der Waals surface area contributed by atoms with Crippen LogP contribution in [0.3, 0.4) is 0 Å². The first kappa shape index (κ1) is 14.8. The van der Waals surface area contributed by atoms with Crippen LogP contribution in [0.2, 0.25) is 0 Å². The average molecular weight is 297 g/mol. The second-order valence-electron chi connectivity index (χ2n) is 5.31. The van der Waals surface area contributed by atoms with Crippen LogP contribution in [-0.4, -0.2) is 27.2 Å². The molecule has 0 heterocycles. The third-order valence-corrected chi connectivity index (χ3v) is 4.61. The summed E-state index contributed by atoms with van der Waals surface area (Å²) in [5, 5.41) is 0. The van der Waals surface area contributed by atoms with Gasteiger partial charge in [-0.3, -0.25) is 0 Å². The molecule has 1 fully saturated rings. The van der Waals surface area contributed by atoms with Gasteiger partial charge in [0.2, 0.25) is 0 Å². The number of anilines is 1. The molecule has 0 amide bonds. The highest BCUT2D eigenvalue weighted by atomic mass is 32.2. The molecule has 1 saturated carbocycles. The lowest BCUT2D eigenvalue weighted by molar-refractivity contribution is 0.0442. The van der Waals surface area contributed by atoms with Crippen LogP contribution in [0.5, 0.6) is 0 Å². The highest BCUT2D eigenvalue weighted by Crippen LogP contribution is 2.25. The highest BCUT2D eigenvalue weighted by Gasteiger charge is 2.19. The molecular weight excluding hydrogens is 278 g/mol. The maximum Gasteiger partial charge on any atom is 0.338 e. The van der Waals surface area contributed by atoms with Gasteiger partial charge in [-0.05, 0) is 37.0 Å². The molecule has 1 aromatic rings. The normalized spacial score (nSPS) is 16.2. The number of nitrogens with two attached hydrogens (primary N) is 1. The molecule has 0 saturated heterocycles. The largest absolute Gasteiger partial charge is 0.462 e. The van der Waals surface area contributed by atoms with Crippen molar-refractivity contribution < 1.29 is 17.9 Å². The van der Waals surface area contributed by atoms with Gasteiger partial charge in [-0.25, -0.2) is 13.2 Å². The topological polar surface area (TPSA) is 86.5 Å². The molecule has 0 spiro atoms. The number of carbonyl (C=O) groups excluding carboxylic acids is 1. The number of nitrogen functional groups attached to an aromatic ring is 1. The molecule has 6 heteroatoms. The summed E-state index contributed by atoms with van der Waals surface area (Å²) < 4.78 is 28.3. The first-order valence-corrected chi connectivity index (χ1v) is 8.53. The Hall–Kier alpha value is -1.56. The maximum absolute atomic E-state index is 12.0. The van der Waals surface area contributed by atoms with Crippen molar-refractivity contribution in [2.75, 3.05) is 18.6 Å². The van der Waals surface area contributed by atoms with Crippen LogP contribution in [0.4, 0.5) is 5.69 Å². The zero-order valence-electron chi connectivity index (χ0n) is 11.5. The van der Waals surface area contributed by atoms with Crippen LogP contribution in [-0.2, 0) is 14.6 Å². The first-order valence-electron chi connectivity index (χ1n) is 6.64. The van der Waals surface area contributed by atoms with E-state index in [-0.39, 0.29) is 16.1 Å². The number of rotatable bonds is 4. The molecule has 110 valence electrons. The van der Waals surface area contributed by atoms with E-state index < -0.39 is 15.8 Å². The summed E-state index contributed by atoms with van der Waals surface area (Å²) >= 11 is 0. The number of ether oxygens (including phenoxy) is 1. The van der Waals surface area contributed by atoms with Gasteiger partial charge in [0.25, 0.3) is 0 Å². The Morgan fingerprint density at radius 2 is 1.95 bits per heavy atom. The fraction of sp³-hybridized carbons (Fsp3) is 0.500. The van der Waals surface area contributed by atoms with Gasteiger partial charge in [-0.1, -0.05) is 12.8 Å². The Balaban J connectivity index is 2.11. The van der Waals surface area contributed by atoms with Crippen molar-refractivity contribution in [1.82, 2.24) is 0 Å². The SMILES string of the molecule is CS(=O)(=O)c1cc(N)cc(C(=O)OCC2CCCC2)c1. The number of benzene rings is 1. The van der Waals surface area contributed by atoms with Gasteiger partial charge in [0.05, 0.1) is 17.1 Å². The summed E-state index contributed by atoms with van der Waals surface area (Å²) in [7, 11) is -3.40. The molecule has 5 nitrogen and oxygen atoms in total. The molecular formula is C14H19NO4S. The van der Waals surface area contributed by atoms with Crippen molar-refractivity contribution in [1.29, 1.82) is 0 Å². The molecule has 0 aromatic heterocycles. The summed E-state index contributed by atoms with van der Waals surface area (Å²) in [5.74, 6) is -0.0940. The van der Waals surface area contributed by atoms with E-state index in [0.29, 0.717) is 12.5 Å². The Morgan fingerprint density at radius 1 is 1.30 bits per heavy atom. The van der Waals surface area contributed by atoms with Crippen LogP contribution < -0.4 is 5.73 Å². The Bertz CT molecular complexity index is 604. The van der Waals surface area contributed by atoms with E-state index in [1.54, 1.807) is 0 Å². The van der Waals surface area contributed by atoms with Crippen LogP contribution in [0.25, 0.3) is 0 Å². The molecule has 1 aliphatic rings. The molecule has 0 aliphatic heterocycles. The number of hydrogen-bond donors (Lipinski definition) is 1. The summed E-state index contributed by atoms with van der Waals surface area (Å²) in [6, 6.07) is 4.08. The van der Waals surface area contributed by atoms with Gasteiger partial charge < -0.3 is 10.5 Å². The Labute approximate surface area is 119 Å². The molecule has 2 rings (SSSR count). The van der Waals surface area contributed by atoms with E-state index in [2.05, 4.69) is 0 Å².